The molecule has 31 heavy (non-hydrogen) atoms. The molecule has 0 N–H and O–H groups in total. The molecule has 0 aliphatic carbocycles. The van der Waals surface area contributed by atoms with Crippen LogP contribution in [0.4, 0.5) is 4.39 Å². The van der Waals surface area contributed by atoms with Crippen molar-refractivity contribution in [3.05, 3.63) is 70.5 Å². The molecule has 0 heterocycles. The van der Waals surface area contributed by atoms with Crippen LogP contribution in [-0.4, -0.2) is 28.9 Å². The molecule has 3 aromatic carbocycles. The Hall–Kier alpha value is -2.78. The average Bonchev–Trinajstić information content (AvgIpc) is 2.72. The van der Waals surface area contributed by atoms with E-state index in [0.717, 1.165) is 11.8 Å². The van der Waals surface area contributed by atoms with Crippen LogP contribution in [-0.2, 0) is 16.7 Å². The number of hydrogen-bond donors (Lipinski definition) is 0. The predicted molar refractivity (Wildman–Crippen MR) is 119 cm³/mol. The van der Waals surface area contributed by atoms with Crippen molar-refractivity contribution in [2.75, 3.05) is 20.5 Å². The first-order valence-corrected chi connectivity index (χ1v) is 11.6. The van der Waals surface area contributed by atoms with Crippen LogP contribution in [0.15, 0.2) is 59.1 Å². The Balaban J connectivity index is 2.06. The van der Waals surface area contributed by atoms with Crippen LogP contribution in [0.25, 0.3) is 11.1 Å². The van der Waals surface area contributed by atoms with Crippen molar-refractivity contribution in [2.24, 2.45) is 0 Å². The molecule has 0 aliphatic rings. The second kappa shape index (κ2) is 9.57. The van der Waals surface area contributed by atoms with Gasteiger partial charge in [-0.2, -0.15) is 8.42 Å². The van der Waals surface area contributed by atoms with Crippen LogP contribution < -0.4 is 18.4 Å². The summed E-state index contributed by atoms with van der Waals surface area (Å²) in [6.45, 7) is 0.203. The summed E-state index contributed by atoms with van der Waals surface area (Å²) in [5, 5.41) is 0. The largest absolute Gasteiger partial charge is 0.496 e. The zero-order chi connectivity index (χ0) is 22.6. The highest BCUT2D eigenvalue weighted by Crippen LogP contribution is 2.49. The molecule has 0 spiro atoms. The van der Waals surface area contributed by atoms with Crippen LogP contribution >= 0.6 is 15.9 Å². The van der Waals surface area contributed by atoms with E-state index in [0.29, 0.717) is 10.0 Å². The maximum Gasteiger partial charge on any atom is 0.306 e. The summed E-state index contributed by atoms with van der Waals surface area (Å²) in [6, 6.07) is 15.2. The summed E-state index contributed by atoms with van der Waals surface area (Å²) in [4.78, 5) is 0. The molecule has 0 atom stereocenters. The number of methoxy groups -OCH3 is 2. The summed E-state index contributed by atoms with van der Waals surface area (Å²) in [6.07, 6.45) is 0.907. The van der Waals surface area contributed by atoms with E-state index in [2.05, 4.69) is 15.9 Å². The van der Waals surface area contributed by atoms with Gasteiger partial charge in [-0.3, -0.25) is 0 Å². The van der Waals surface area contributed by atoms with Gasteiger partial charge in [0.1, 0.15) is 12.4 Å². The lowest BCUT2D eigenvalue weighted by atomic mass is 10.0. The highest BCUT2D eigenvalue weighted by molar-refractivity contribution is 9.10. The average molecular weight is 511 g/mol. The number of hydrogen-bond acceptors (Lipinski definition) is 6. The van der Waals surface area contributed by atoms with Crippen molar-refractivity contribution >= 4 is 26.0 Å². The first-order valence-electron chi connectivity index (χ1n) is 9.04. The standard InChI is InChI=1S/C22H20BrFO6S/c1-27-19-12-16(23)21(28-2)22(30-31(3,25)26)20(19)15-9-10-18(17(24)11-15)29-13-14-7-5-4-6-8-14/h4-12H,13H2,1-3H3. The third-order valence-corrected chi connectivity index (χ3v) is 5.33. The van der Waals surface area contributed by atoms with Crippen molar-refractivity contribution < 1.29 is 31.2 Å². The van der Waals surface area contributed by atoms with Gasteiger partial charge in [0.05, 0.1) is 30.5 Å². The Labute approximate surface area is 188 Å². The molecular weight excluding hydrogens is 491 g/mol. The SMILES string of the molecule is COc1cc(Br)c(OC)c(OS(C)(=O)=O)c1-c1ccc(OCc2ccccc2)c(F)c1. The Morgan fingerprint density at radius 2 is 1.65 bits per heavy atom. The molecule has 3 rings (SSSR count). The zero-order valence-electron chi connectivity index (χ0n) is 17.0. The molecule has 0 unspecified atom stereocenters. The fraction of sp³-hybridized carbons (Fsp3) is 0.182. The van der Waals surface area contributed by atoms with Gasteiger partial charge < -0.3 is 18.4 Å². The van der Waals surface area contributed by atoms with Crippen LogP contribution in [0.5, 0.6) is 23.0 Å². The molecule has 0 radical (unpaired) electrons. The van der Waals surface area contributed by atoms with Crippen molar-refractivity contribution in [3.63, 3.8) is 0 Å². The first kappa shape index (κ1) is 22.9. The Morgan fingerprint density at radius 3 is 2.23 bits per heavy atom. The van der Waals surface area contributed by atoms with Crippen molar-refractivity contribution in [2.45, 2.75) is 6.61 Å². The third-order valence-electron chi connectivity index (χ3n) is 4.27. The lowest BCUT2D eigenvalue weighted by Gasteiger charge is -2.19. The second-order valence-corrected chi connectivity index (χ2v) is 8.93. The monoisotopic (exact) mass is 510 g/mol. The van der Waals surface area contributed by atoms with E-state index in [1.165, 1.54) is 26.4 Å². The van der Waals surface area contributed by atoms with Gasteiger partial charge in [-0.15, -0.1) is 0 Å². The molecule has 0 amide bonds. The molecular formula is C22H20BrFO6S. The minimum atomic E-state index is -3.91. The van der Waals surface area contributed by atoms with E-state index >= 15 is 0 Å². The number of ether oxygens (including phenoxy) is 3. The first-order chi connectivity index (χ1) is 14.7. The van der Waals surface area contributed by atoms with Gasteiger partial charge in [-0.05, 0) is 45.3 Å². The lowest BCUT2D eigenvalue weighted by molar-refractivity contribution is 0.290. The summed E-state index contributed by atoms with van der Waals surface area (Å²) in [5.41, 5.74) is 1.45. The Bertz CT molecular complexity index is 1180. The van der Waals surface area contributed by atoms with E-state index in [9.17, 15) is 12.8 Å². The molecule has 0 saturated carbocycles. The molecule has 9 heteroatoms. The Kier molecular flexibility index (Phi) is 7.07. The summed E-state index contributed by atoms with van der Waals surface area (Å²) < 4.78 is 60.5. The molecule has 0 aromatic heterocycles. The number of rotatable bonds is 8. The quantitative estimate of drug-likeness (QED) is 0.388. The topological polar surface area (TPSA) is 71.1 Å². The lowest BCUT2D eigenvalue weighted by Crippen LogP contribution is -2.09. The van der Waals surface area contributed by atoms with Crippen LogP contribution in [0, 0.1) is 5.82 Å². The minimum Gasteiger partial charge on any atom is -0.496 e. The molecule has 0 bridgehead atoms. The normalized spacial score (nSPS) is 11.1. The maximum atomic E-state index is 14.8. The van der Waals surface area contributed by atoms with Gasteiger partial charge in [-0.1, -0.05) is 36.4 Å². The van der Waals surface area contributed by atoms with Gasteiger partial charge in [0.15, 0.2) is 23.1 Å². The zero-order valence-corrected chi connectivity index (χ0v) is 19.4. The van der Waals surface area contributed by atoms with E-state index in [4.69, 9.17) is 18.4 Å². The van der Waals surface area contributed by atoms with E-state index < -0.39 is 15.9 Å². The summed E-state index contributed by atoms with van der Waals surface area (Å²) in [7, 11) is -1.13. The Morgan fingerprint density at radius 1 is 0.935 bits per heavy atom. The number of benzene rings is 3. The van der Waals surface area contributed by atoms with Crippen LogP contribution in [0.1, 0.15) is 5.56 Å². The fourth-order valence-corrected chi connectivity index (χ4v) is 3.96. The predicted octanol–water partition coefficient (Wildman–Crippen LogP) is 5.19. The van der Waals surface area contributed by atoms with Crippen LogP contribution in [0.3, 0.4) is 0 Å². The van der Waals surface area contributed by atoms with Crippen LogP contribution in [0.2, 0.25) is 0 Å². The van der Waals surface area contributed by atoms with Gasteiger partial charge >= 0.3 is 10.1 Å². The van der Waals surface area contributed by atoms with Gasteiger partial charge in [0.2, 0.25) is 0 Å². The van der Waals surface area contributed by atoms with E-state index in [1.807, 2.05) is 30.3 Å². The molecule has 3 aromatic rings. The summed E-state index contributed by atoms with van der Waals surface area (Å²) in [5.74, 6) is -0.285. The molecule has 0 saturated heterocycles. The maximum absolute atomic E-state index is 14.8. The third kappa shape index (κ3) is 5.48. The number of halogens is 2. The highest BCUT2D eigenvalue weighted by Gasteiger charge is 2.25. The fourth-order valence-electron chi connectivity index (χ4n) is 2.95. The molecule has 0 fully saturated rings. The van der Waals surface area contributed by atoms with Crippen molar-refractivity contribution in [1.29, 1.82) is 0 Å². The smallest absolute Gasteiger partial charge is 0.306 e. The highest BCUT2D eigenvalue weighted by atomic mass is 79.9. The molecule has 0 aliphatic heterocycles. The summed E-state index contributed by atoms with van der Waals surface area (Å²) >= 11 is 3.31. The minimum absolute atomic E-state index is 0.0567. The van der Waals surface area contributed by atoms with Crippen molar-refractivity contribution in [1.82, 2.24) is 0 Å². The molecule has 164 valence electrons. The van der Waals surface area contributed by atoms with Gasteiger partial charge in [0, 0.05) is 0 Å². The second-order valence-electron chi connectivity index (χ2n) is 6.50. The molecule has 6 nitrogen and oxygen atoms in total. The van der Waals surface area contributed by atoms with E-state index in [-0.39, 0.29) is 35.2 Å². The van der Waals surface area contributed by atoms with Gasteiger partial charge in [-0.25, -0.2) is 4.39 Å². The van der Waals surface area contributed by atoms with Gasteiger partial charge in [0.25, 0.3) is 0 Å². The van der Waals surface area contributed by atoms with E-state index in [1.54, 1.807) is 12.1 Å². The van der Waals surface area contributed by atoms with Crippen molar-refractivity contribution in [3.8, 4) is 34.1 Å².